The number of hydrogen-bond donors (Lipinski definition) is 1. The number of nitrogens with zero attached hydrogens (tertiary/aromatic N) is 1. The van der Waals surface area contributed by atoms with E-state index in [2.05, 4.69) is 5.32 Å². The van der Waals surface area contributed by atoms with Crippen LogP contribution in [0.4, 0.5) is 17.6 Å². The van der Waals surface area contributed by atoms with Crippen molar-refractivity contribution < 1.29 is 17.6 Å². The number of halogens is 6. The molecule has 0 amide bonds. The average molecular weight is 349 g/mol. The lowest BCUT2D eigenvalue weighted by molar-refractivity contribution is -0.188. The zero-order valence-electron chi connectivity index (χ0n) is 11.4. The van der Waals surface area contributed by atoms with Gasteiger partial charge in [0.05, 0.1) is 0 Å². The van der Waals surface area contributed by atoms with Crippen LogP contribution in [0, 0.1) is 12.7 Å². The van der Waals surface area contributed by atoms with Crippen molar-refractivity contribution in [2.24, 2.45) is 0 Å². The Morgan fingerprint density at radius 2 is 1.71 bits per heavy atom. The van der Waals surface area contributed by atoms with Gasteiger partial charge < -0.3 is 5.32 Å². The first-order valence-corrected chi connectivity index (χ1v) is 6.17. The van der Waals surface area contributed by atoms with E-state index in [1.807, 2.05) is 0 Å². The third-order valence-corrected chi connectivity index (χ3v) is 3.35. The molecule has 1 atom stereocenters. The summed E-state index contributed by atoms with van der Waals surface area (Å²) in [7, 11) is 0. The van der Waals surface area contributed by atoms with E-state index in [4.69, 9.17) is 0 Å². The number of aryl methyl sites for hydroxylation is 1. The molecule has 1 aliphatic rings. The van der Waals surface area contributed by atoms with Crippen molar-refractivity contribution in [1.82, 2.24) is 10.2 Å². The molecule has 1 aromatic carbocycles. The summed E-state index contributed by atoms with van der Waals surface area (Å²) in [5, 5.41) is 3.03. The van der Waals surface area contributed by atoms with Gasteiger partial charge in [0.1, 0.15) is 11.9 Å². The smallest absolute Gasteiger partial charge is 0.314 e. The summed E-state index contributed by atoms with van der Waals surface area (Å²) in [4.78, 5) is 1.40. The average Bonchev–Trinajstić information content (AvgIpc) is 2.32. The molecule has 1 heterocycles. The minimum Gasteiger partial charge on any atom is -0.314 e. The maximum atomic E-state index is 13.3. The molecule has 122 valence electrons. The monoisotopic (exact) mass is 348 g/mol. The van der Waals surface area contributed by atoms with Gasteiger partial charge in [-0.2, -0.15) is 13.2 Å². The third kappa shape index (κ3) is 4.98. The molecule has 0 unspecified atom stereocenters. The predicted molar refractivity (Wildman–Crippen MR) is 78.9 cm³/mol. The Morgan fingerprint density at radius 3 is 2.19 bits per heavy atom. The van der Waals surface area contributed by atoms with E-state index < -0.39 is 18.0 Å². The fourth-order valence-corrected chi connectivity index (χ4v) is 2.47. The van der Waals surface area contributed by atoms with Gasteiger partial charge in [0.15, 0.2) is 0 Å². The fourth-order valence-electron chi connectivity index (χ4n) is 2.47. The van der Waals surface area contributed by atoms with Gasteiger partial charge in [0.25, 0.3) is 0 Å². The second-order valence-electron chi connectivity index (χ2n) is 4.73. The van der Waals surface area contributed by atoms with Gasteiger partial charge in [0.2, 0.25) is 0 Å². The van der Waals surface area contributed by atoms with Gasteiger partial charge in [-0.1, -0.05) is 6.07 Å². The van der Waals surface area contributed by atoms with E-state index in [-0.39, 0.29) is 30.4 Å². The van der Waals surface area contributed by atoms with Crippen LogP contribution in [0.1, 0.15) is 17.2 Å². The van der Waals surface area contributed by atoms with Crippen LogP contribution in [0.2, 0.25) is 0 Å². The highest BCUT2D eigenvalue weighted by atomic mass is 35.5. The molecule has 0 saturated carbocycles. The molecule has 0 aromatic heterocycles. The highest BCUT2D eigenvalue weighted by Gasteiger charge is 2.45. The Kier molecular flexibility index (Phi) is 7.95. The van der Waals surface area contributed by atoms with Gasteiger partial charge in [0, 0.05) is 26.2 Å². The first-order chi connectivity index (χ1) is 8.89. The van der Waals surface area contributed by atoms with E-state index in [1.165, 1.54) is 17.9 Å². The summed E-state index contributed by atoms with van der Waals surface area (Å²) in [5.74, 6) is -0.512. The van der Waals surface area contributed by atoms with Crippen LogP contribution >= 0.6 is 24.8 Å². The minimum absolute atomic E-state index is 0. The largest absolute Gasteiger partial charge is 0.408 e. The van der Waals surface area contributed by atoms with E-state index in [1.54, 1.807) is 0 Å². The fraction of sp³-hybridized carbons (Fsp3) is 0.538. The lowest BCUT2D eigenvalue weighted by atomic mass is 9.98. The molecule has 8 heteroatoms. The molecule has 2 rings (SSSR count). The summed E-state index contributed by atoms with van der Waals surface area (Å²) in [6.45, 7) is 3.25. The van der Waals surface area contributed by atoms with Crippen LogP contribution in [0.25, 0.3) is 0 Å². The van der Waals surface area contributed by atoms with Gasteiger partial charge in [-0.25, -0.2) is 4.39 Å². The molecular formula is C13H18Cl2F4N2. The van der Waals surface area contributed by atoms with Gasteiger partial charge in [-0.05, 0) is 30.2 Å². The first kappa shape index (κ1) is 20.4. The molecule has 0 bridgehead atoms. The zero-order valence-corrected chi connectivity index (χ0v) is 13.0. The molecule has 1 aromatic rings. The van der Waals surface area contributed by atoms with Crippen molar-refractivity contribution in [1.29, 1.82) is 0 Å². The van der Waals surface area contributed by atoms with Crippen molar-refractivity contribution >= 4 is 24.8 Å². The quantitative estimate of drug-likeness (QED) is 0.823. The number of alkyl halides is 3. The summed E-state index contributed by atoms with van der Waals surface area (Å²) in [6, 6.07) is 1.82. The molecule has 1 saturated heterocycles. The Labute approximate surface area is 133 Å². The SMILES string of the molecule is Cc1cc(F)ccc1[C@H](N1CCNCC1)C(F)(F)F.Cl.Cl. The molecule has 0 radical (unpaired) electrons. The summed E-state index contributed by atoms with van der Waals surface area (Å²) in [6.07, 6.45) is -4.36. The number of hydrogen-bond acceptors (Lipinski definition) is 2. The van der Waals surface area contributed by atoms with Crippen LogP contribution in [0.15, 0.2) is 18.2 Å². The second kappa shape index (κ2) is 8.17. The van der Waals surface area contributed by atoms with Gasteiger partial charge >= 0.3 is 6.18 Å². The number of benzene rings is 1. The van der Waals surface area contributed by atoms with Crippen LogP contribution < -0.4 is 5.32 Å². The highest BCUT2D eigenvalue weighted by Crippen LogP contribution is 2.39. The van der Waals surface area contributed by atoms with Crippen molar-refractivity contribution in [2.75, 3.05) is 26.2 Å². The Hall–Kier alpha value is -0.560. The van der Waals surface area contributed by atoms with E-state index in [0.717, 1.165) is 12.1 Å². The van der Waals surface area contributed by atoms with Crippen LogP contribution in [-0.2, 0) is 0 Å². The van der Waals surface area contributed by atoms with Crippen molar-refractivity contribution in [3.63, 3.8) is 0 Å². The first-order valence-electron chi connectivity index (χ1n) is 6.17. The molecule has 1 N–H and O–H groups in total. The number of rotatable bonds is 2. The molecule has 1 aliphatic heterocycles. The van der Waals surface area contributed by atoms with Crippen molar-refractivity contribution in [3.8, 4) is 0 Å². The molecule has 0 spiro atoms. The van der Waals surface area contributed by atoms with Crippen LogP contribution in [0.3, 0.4) is 0 Å². The highest BCUT2D eigenvalue weighted by molar-refractivity contribution is 5.85. The second-order valence-corrected chi connectivity index (χ2v) is 4.73. The van der Waals surface area contributed by atoms with Gasteiger partial charge in [-0.15, -0.1) is 24.8 Å². The number of piperazine rings is 1. The Bertz CT molecular complexity index is 448. The van der Waals surface area contributed by atoms with Crippen molar-refractivity contribution in [2.45, 2.75) is 19.1 Å². The summed E-state index contributed by atoms with van der Waals surface area (Å²) in [5.41, 5.74) is 0.469. The van der Waals surface area contributed by atoms with Crippen LogP contribution in [0.5, 0.6) is 0 Å². The van der Waals surface area contributed by atoms with E-state index in [9.17, 15) is 17.6 Å². The standard InChI is InChI=1S/C13H16F4N2.2ClH/c1-9-8-10(14)2-3-11(9)12(13(15,16)17)19-6-4-18-5-7-19;;/h2-3,8,12,18H,4-7H2,1H3;2*1H/t12-;;/m0../s1. The van der Waals surface area contributed by atoms with Crippen LogP contribution in [-0.4, -0.2) is 37.3 Å². The maximum Gasteiger partial charge on any atom is 0.408 e. The summed E-state index contributed by atoms with van der Waals surface area (Å²) < 4.78 is 53.0. The summed E-state index contributed by atoms with van der Waals surface area (Å²) >= 11 is 0. The third-order valence-electron chi connectivity index (χ3n) is 3.35. The minimum atomic E-state index is -4.36. The lowest BCUT2D eigenvalue weighted by Crippen LogP contribution is -2.49. The predicted octanol–water partition coefficient (Wildman–Crippen LogP) is 3.49. The zero-order chi connectivity index (χ0) is 14.0. The lowest BCUT2D eigenvalue weighted by Gasteiger charge is -2.36. The Morgan fingerprint density at radius 1 is 1.14 bits per heavy atom. The molecule has 2 nitrogen and oxygen atoms in total. The normalized spacial score (nSPS) is 17.6. The Balaban J connectivity index is 0.00000200. The molecule has 0 aliphatic carbocycles. The van der Waals surface area contributed by atoms with E-state index in [0.29, 0.717) is 31.7 Å². The maximum absolute atomic E-state index is 13.3. The molecule has 21 heavy (non-hydrogen) atoms. The van der Waals surface area contributed by atoms with Gasteiger partial charge in [-0.3, -0.25) is 4.90 Å². The van der Waals surface area contributed by atoms with E-state index >= 15 is 0 Å². The topological polar surface area (TPSA) is 15.3 Å². The van der Waals surface area contributed by atoms with Crippen molar-refractivity contribution in [3.05, 3.63) is 35.1 Å². The number of nitrogens with one attached hydrogen (secondary N) is 1. The molecular weight excluding hydrogens is 331 g/mol. The molecule has 1 fully saturated rings.